The van der Waals surface area contributed by atoms with Crippen LogP contribution in [0.2, 0.25) is 5.02 Å². The van der Waals surface area contributed by atoms with Gasteiger partial charge < -0.3 is 4.90 Å². The van der Waals surface area contributed by atoms with E-state index in [2.05, 4.69) is 4.90 Å². The summed E-state index contributed by atoms with van der Waals surface area (Å²) in [6.45, 7) is 4.20. The third-order valence-electron chi connectivity index (χ3n) is 5.09. The van der Waals surface area contributed by atoms with Crippen LogP contribution < -0.4 is 0 Å². The molecule has 0 aliphatic carbocycles. The molecule has 0 N–H and O–H groups in total. The number of hydrogen-bond acceptors (Lipinski definition) is 4. The van der Waals surface area contributed by atoms with Crippen LogP contribution in [0.25, 0.3) is 6.08 Å². The summed E-state index contributed by atoms with van der Waals surface area (Å²) >= 11 is 5.96. The van der Waals surface area contributed by atoms with Crippen molar-refractivity contribution in [2.45, 2.75) is 38.3 Å². The molecule has 134 valence electrons. The molecular formula is C18H22ClN3O3. The zero-order chi connectivity index (χ0) is 18.0. The summed E-state index contributed by atoms with van der Waals surface area (Å²) in [5, 5.41) is 11.6. The van der Waals surface area contributed by atoms with Crippen molar-refractivity contribution >= 4 is 29.3 Å². The molecule has 2 fully saturated rings. The normalized spacial score (nSPS) is 23.4. The lowest BCUT2D eigenvalue weighted by Gasteiger charge is -2.40. The number of carbonyl (C=O) groups is 1. The van der Waals surface area contributed by atoms with Crippen molar-refractivity contribution < 1.29 is 9.72 Å². The van der Waals surface area contributed by atoms with Gasteiger partial charge in [0.1, 0.15) is 0 Å². The van der Waals surface area contributed by atoms with Gasteiger partial charge in [-0.05, 0) is 25.0 Å². The van der Waals surface area contributed by atoms with E-state index >= 15 is 0 Å². The van der Waals surface area contributed by atoms with Gasteiger partial charge in [-0.3, -0.25) is 19.8 Å². The van der Waals surface area contributed by atoms with E-state index in [1.807, 2.05) is 17.9 Å². The second kappa shape index (κ2) is 7.54. The van der Waals surface area contributed by atoms with Crippen LogP contribution in [0.5, 0.6) is 0 Å². The molecule has 2 bridgehead atoms. The van der Waals surface area contributed by atoms with Gasteiger partial charge >= 0.3 is 0 Å². The third kappa shape index (κ3) is 3.85. The van der Waals surface area contributed by atoms with Crippen molar-refractivity contribution in [2.24, 2.45) is 0 Å². The zero-order valence-corrected chi connectivity index (χ0v) is 15.0. The predicted octanol–water partition coefficient (Wildman–Crippen LogP) is 3.35. The predicted molar refractivity (Wildman–Crippen MR) is 97.5 cm³/mol. The van der Waals surface area contributed by atoms with Gasteiger partial charge in [-0.2, -0.15) is 0 Å². The standard InChI is InChI=1S/C18H22ClN3O3/c1-2-18(23)20-11-15-6-7-16(12-20)21(15)9-3-4-13-10-14(19)5-8-17(13)22(24)25/h3-5,8,10,15-16H,2,6-7,9,11-12H2,1H3/b4-3+/t15-,16+. The molecule has 2 aliphatic rings. The summed E-state index contributed by atoms with van der Waals surface area (Å²) < 4.78 is 0. The summed E-state index contributed by atoms with van der Waals surface area (Å²) in [4.78, 5) is 27.1. The van der Waals surface area contributed by atoms with Crippen LogP contribution in [0, 0.1) is 10.1 Å². The van der Waals surface area contributed by atoms with E-state index in [-0.39, 0.29) is 11.6 Å². The maximum absolute atomic E-state index is 11.9. The maximum atomic E-state index is 11.9. The fourth-order valence-corrected chi connectivity index (χ4v) is 4.02. The van der Waals surface area contributed by atoms with E-state index in [4.69, 9.17) is 11.6 Å². The van der Waals surface area contributed by atoms with Gasteiger partial charge in [0.2, 0.25) is 5.91 Å². The van der Waals surface area contributed by atoms with E-state index in [1.165, 1.54) is 12.1 Å². The molecule has 3 rings (SSSR count). The number of nitro groups is 1. The van der Waals surface area contributed by atoms with E-state index < -0.39 is 4.92 Å². The highest BCUT2D eigenvalue weighted by Gasteiger charge is 2.40. The highest BCUT2D eigenvalue weighted by atomic mass is 35.5. The van der Waals surface area contributed by atoms with Gasteiger partial charge in [0, 0.05) is 49.2 Å². The molecular weight excluding hydrogens is 342 g/mol. The molecule has 7 heteroatoms. The third-order valence-corrected chi connectivity index (χ3v) is 5.32. The number of likely N-dealkylation sites (tertiary alicyclic amines) is 1. The Morgan fingerprint density at radius 2 is 2.04 bits per heavy atom. The molecule has 1 amide bonds. The van der Waals surface area contributed by atoms with Crippen LogP contribution in [0.4, 0.5) is 5.69 Å². The summed E-state index contributed by atoms with van der Waals surface area (Å²) in [6.07, 6.45) is 6.48. The van der Waals surface area contributed by atoms with Crippen LogP contribution in [0.15, 0.2) is 24.3 Å². The lowest BCUT2D eigenvalue weighted by Crippen LogP contribution is -2.55. The van der Waals surface area contributed by atoms with Crippen molar-refractivity contribution in [1.82, 2.24) is 9.80 Å². The van der Waals surface area contributed by atoms with E-state index in [1.54, 1.807) is 12.1 Å². The lowest BCUT2D eigenvalue weighted by atomic mass is 10.1. The minimum Gasteiger partial charge on any atom is -0.340 e. The van der Waals surface area contributed by atoms with Gasteiger partial charge in [0.05, 0.1) is 10.5 Å². The Morgan fingerprint density at radius 3 is 2.64 bits per heavy atom. The molecule has 2 atom stereocenters. The Bertz CT molecular complexity index is 693. The van der Waals surface area contributed by atoms with Gasteiger partial charge in [0.25, 0.3) is 5.69 Å². The summed E-state index contributed by atoms with van der Waals surface area (Å²) in [5.41, 5.74) is 0.576. The van der Waals surface area contributed by atoms with Crippen molar-refractivity contribution in [2.75, 3.05) is 19.6 Å². The Balaban J connectivity index is 1.67. The Morgan fingerprint density at radius 1 is 1.36 bits per heavy atom. The molecule has 0 spiro atoms. The molecule has 2 saturated heterocycles. The van der Waals surface area contributed by atoms with Gasteiger partial charge in [-0.15, -0.1) is 0 Å². The first-order valence-electron chi connectivity index (χ1n) is 8.63. The van der Waals surface area contributed by atoms with Crippen molar-refractivity contribution in [3.8, 4) is 0 Å². The van der Waals surface area contributed by atoms with Crippen molar-refractivity contribution in [3.05, 3.63) is 45.0 Å². The Kier molecular flexibility index (Phi) is 5.39. The fraction of sp³-hybridized carbons (Fsp3) is 0.500. The Hall–Kier alpha value is -1.92. The summed E-state index contributed by atoms with van der Waals surface area (Å²) in [6, 6.07) is 5.34. The number of hydrogen-bond donors (Lipinski definition) is 0. The highest BCUT2D eigenvalue weighted by molar-refractivity contribution is 6.30. The smallest absolute Gasteiger partial charge is 0.276 e. The van der Waals surface area contributed by atoms with Crippen molar-refractivity contribution in [1.29, 1.82) is 0 Å². The second-order valence-electron chi connectivity index (χ2n) is 6.60. The van der Waals surface area contributed by atoms with Crippen LogP contribution in [-0.2, 0) is 4.79 Å². The van der Waals surface area contributed by atoms with Crippen LogP contribution in [0.3, 0.4) is 0 Å². The fourth-order valence-electron chi connectivity index (χ4n) is 3.84. The number of piperazine rings is 1. The minimum atomic E-state index is -0.394. The number of halogens is 1. The van der Waals surface area contributed by atoms with Crippen LogP contribution in [0.1, 0.15) is 31.7 Å². The average molecular weight is 364 g/mol. The van der Waals surface area contributed by atoms with Gasteiger partial charge in [-0.1, -0.05) is 30.7 Å². The SMILES string of the molecule is CCC(=O)N1C[C@H]2CC[C@@H](C1)N2C/C=C/c1cc(Cl)ccc1[N+](=O)[O-]. The molecule has 25 heavy (non-hydrogen) atoms. The average Bonchev–Trinajstić information content (AvgIpc) is 2.82. The molecule has 0 radical (unpaired) electrons. The lowest BCUT2D eigenvalue weighted by molar-refractivity contribution is -0.385. The topological polar surface area (TPSA) is 66.7 Å². The monoisotopic (exact) mass is 363 g/mol. The first-order valence-corrected chi connectivity index (χ1v) is 9.01. The minimum absolute atomic E-state index is 0.0574. The molecule has 2 heterocycles. The van der Waals surface area contributed by atoms with E-state index in [0.717, 1.165) is 32.5 Å². The molecule has 0 aromatic heterocycles. The largest absolute Gasteiger partial charge is 0.340 e. The number of fused-ring (bicyclic) bond motifs is 2. The zero-order valence-electron chi connectivity index (χ0n) is 14.2. The first-order chi connectivity index (χ1) is 12.0. The number of rotatable bonds is 5. The molecule has 1 aromatic rings. The van der Waals surface area contributed by atoms with Gasteiger partial charge in [0.15, 0.2) is 0 Å². The highest BCUT2D eigenvalue weighted by Crippen LogP contribution is 2.30. The Labute approximate surface area is 152 Å². The maximum Gasteiger partial charge on any atom is 0.276 e. The number of benzene rings is 1. The van der Waals surface area contributed by atoms with Gasteiger partial charge in [-0.25, -0.2) is 0 Å². The van der Waals surface area contributed by atoms with E-state index in [0.29, 0.717) is 29.1 Å². The molecule has 6 nitrogen and oxygen atoms in total. The summed E-state index contributed by atoms with van der Waals surface area (Å²) in [7, 11) is 0. The second-order valence-corrected chi connectivity index (χ2v) is 7.03. The molecule has 2 aliphatic heterocycles. The number of nitrogens with zero attached hydrogens (tertiary/aromatic N) is 3. The van der Waals surface area contributed by atoms with E-state index in [9.17, 15) is 14.9 Å². The van der Waals surface area contributed by atoms with Crippen LogP contribution >= 0.6 is 11.6 Å². The van der Waals surface area contributed by atoms with Crippen molar-refractivity contribution in [3.63, 3.8) is 0 Å². The van der Waals surface area contributed by atoms with Crippen LogP contribution in [-0.4, -0.2) is 52.3 Å². The molecule has 0 unspecified atom stereocenters. The number of nitro benzene ring substituents is 1. The first kappa shape index (κ1) is 17.9. The molecule has 1 aromatic carbocycles. The number of carbonyl (C=O) groups excluding carboxylic acids is 1. The molecule has 0 saturated carbocycles. The summed E-state index contributed by atoms with van der Waals surface area (Å²) in [5.74, 6) is 0.224. The quantitative estimate of drug-likeness (QED) is 0.594. The number of amides is 1.